The van der Waals surface area contributed by atoms with Crippen LogP contribution in [0.4, 0.5) is 0 Å². The molecule has 2 atom stereocenters. The molecule has 0 aromatic rings. The van der Waals surface area contributed by atoms with Gasteiger partial charge in [0.05, 0.1) is 5.57 Å². The second kappa shape index (κ2) is 8.73. The summed E-state index contributed by atoms with van der Waals surface area (Å²) >= 11 is 0. The minimum atomic E-state index is -0.967. The molecule has 0 saturated heterocycles. The van der Waals surface area contributed by atoms with Crippen LogP contribution in [0.1, 0.15) is 67.2 Å². The van der Waals surface area contributed by atoms with Gasteiger partial charge in [0.1, 0.15) is 17.1 Å². The van der Waals surface area contributed by atoms with Crippen molar-refractivity contribution in [3.8, 4) is 0 Å². The molecule has 0 spiro atoms. The van der Waals surface area contributed by atoms with Crippen molar-refractivity contribution in [3.05, 3.63) is 46.0 Å². The quantitative estimate of drug-likeness (QED) is 0.375. The summed E-state index contributed by atoms with van der Waals surface area (Å²) < 4.78 is 23.5. The molecule has 0 saturated carbocycles. The van der Waals surface area contributed by atoms with E-state index in [9.17, 15) is 14.4 Å². The van der Waals surface area contributed by atoms with Crippen LogP contribution in [0.2, 0.25) is 0 Å². The Morgan fingerprint density at radius 2 is 1.55 bits per heavy atom. The minimum absolute atomic E-state index is 0.314. The Morgan fingerprint density at radius 3 is 2.16 bits per heavy atom. The second-order valence-electron chi connectivity index (χ2n) is 8.54. The van der Waals surface area contributed by atoms with Crippen molar-refractivity contribution in [3.63, 3.8) is 0 Å². The largest absolute Gasteiger partial charge is 0.488 e. The number of rotatable bonds is 4. The molecule has 0 aromatic carbocycles. The molecule has 2 unspecified atom stereocenters. The van der Waals surface area contributed by atoms with E-state index in [0.717, 1.165) is 5.57 Å². The zero-order valence-electron chi connectivity index (χ0n) is 19.0. The van der Waals surface area contributed by atoms with Crippen LogP contribution >= 0.6 is 0 Å². The second-order valence-corrected chi connectivity index (χ2v) is 8.54. The van der Waals surface area contributed by atoms with Crippen molar-refractivity contribution in [2.45, 2.75) is 85.0 Å². The fourth-order valence-electron chi connectivity index (χ4n) is 3.88. The van der Waals surface area contributed by atoms with E-state index in [1.807, 2.05) is 0 Å². The van der Waals surface area contributed by atoms with Crippen LogP contribution in [0.3, 0.4) is 0 Å². The van der Waals surface area contributed by atoms with E-state index < -0.39 is 29.7 Å². The van der Waals surface area contributed by atoms with E-state index in [4.69, 9.17) is 18.9 Å². The number of carbonyl (C=O) groups excluding carboxylic acids is 3. The van der Waals surface area contributed by atoms with Crippen molar-refractivity contribution in [2.75, 3.05) is 0 Å². The van der Waals surface area contributed by atoms with Gasteiger partial charge in [0.15, 0.2) is 12.2 Å². The van der Waals surface area contributed by atoms with Crippen LogP contribution in [-0.2, 0) is 33.3 Å². The molecule has 0 bridgehead atoms. The number of fused-ring (bicyclic) bond motifs is 1. The van der Waals surface area contributed by atoms with Gasteiger partial charge in [-0.05, 0) is 60.0 Å². The lowest BCUT2D eigenvalue weighted by Crippen LogP contribution is -2.55. The molecule has 2 aliphatic heterocycles. The summed E-state index contributed by atoms with van der Waals surface area (Å²) in [7, 11) is 0. The molecular formula is C24H30O7. The van der Waals surface area contributed by atoms with Gasteiger partial charge in [-0.1, -0.05) is 12.2 Å². The molecule has 1 aliphatic carbocycles. The third kappa shape index (κ3) is 4.45. The summed E-state index contributed by atoms with van der Waals surface area (Å²) in [5.74, 6) is -0.402. The Labute approximate surface area is 182 Å². The highest BCUT2D eigenvalue weighted by Crippen LogP contribution is 2.46. The number of esters is 3. The fraction of sp³-hybridized carbons (Fsp3) is 0.542. The van der Waals surface area contributed by atoms with E-state index in [2.05, 4.69) is 0 Å². The van der Waals surface area contributed by atoms with Crippen molar-refractivity contribution in [2.24, 2.45) is 0 Å². The fourth-order valence-corrected chi connectivity index (χ4v) is 3.88. The predicted molar refractivity (Wildman–Crippen MR) is 112 cm³/mol. The van der Waals surface area contributed by atoms with Gasteiger partial charge in [-0.25, -0.2) is 9.59 Å². The molecule has 3 aliphatic rings. The molecular weight excluding hydrogens is 400 g/mol. The van der Waals surface area contributed by atoms with E-state index in [1.54, 1.807) is 53.7 Å². The van der Waals surface area contributed by atoms with E-state index in [1.165, 1.54) is 0 Å². The Morgan fingerprint density at radius 1 is 0.968 bits per heavy atom. The van der Waals surface area contributed by atoms with Gasteiger partial charge in [-0.2, -0.15) is 0 Å². The number of ether oxygens (including phenoxy) is 4. The summed E-state index contributed by atoms with van der Waals surface area (Å²) in [5.41, 5.74) is 1.36. The zero-order valence-corrected chi connectivity index (χ0v) is 19.0. The summed E-state index contributed by atoms with van der Waals surface area (Å²) in [4.78, 5) is 37.4. The summed E-state index contributed by atoms with van der Waals surface area (Å²) in [5, 5.41) is 0. The highest BCUT2D eigenvalue weighted by Gasteiger charge is 2.53. The third-order valence-electron chi connectivity index (χ3n) is 5.98. The van der Waals surface area contributed by atoms with Crippen LogP contribution in [0.15, 0.2) is 46.0 Å². The number of carbonyl (C=O) groups is 3. The molecule has 168 valence electrons. The Balaban J connectivity index is 2.10. The highest BCUT2D eigenvalue weighted by atomic mass is 16.6. The molecule has 7 heteroatoms. The number of hydrogen-bond donors (Lipinski definition) is 0. The van der Waals surface area contributed by atoms with Crippen LogP contribution in [0, 0.1) is 0 Å². The first-order valence-corrected chi connectivity index (χ1v) is 10.6. The van der Waals surface area contributed by atoms with E-state index in [0.29, 0.717) is 53.9 Å². The Bertz CT molecular complexity index is 930. The lowest BCUT2D eigenvalue weighted by Gasteiger charge is -2.46. The summed E-state index contributed by atoms with van der Waals surface area (Å²) in [6.45, 7) is 10.4. The number of allylic oxidation sites excluding steroid dienone is 4. The maximum absolute atomic E-state index is 12.7. The van der Waals surface area contributed by atoms with Gasteiger partial charge in [0.2, 0.25) is 0 Å². The standard InChI is InChI=1S/C24H30O7/c1-7-13(3)22(26)29-20-18-16(11-9-15-10-12-17(25)28-19(15)18)31-24(5,6)21(20)30-23(27)14(4)8-2/h7-8,20-21H,9-12H2,1-6H3/b13-7-,14-8-. The van der Waals surface area contributed by atoms with Gasteiger partial charge in [0.25, 0.3) is 0 Å². The van der Waals surface area contributed by atoms with Crippen LogP contribution in [-0.4, -0.2) is 35.7 Å². The molecule has 7 nitrogen and oxygen atoms in total. The topological polar surface area (TPSA) is 88.1 Å². The molecule has 3 rings (SSSR count). The molecule has 0 N–H and O–H groups in total. The van der Waals surface area contributed by atoms with Crippen LogP contribution in [0.5, 0.6) is 0 Å². The normalized spacial score (nSPS) is 25.8. The average molecular weight is 430 g/mol. The van der Waals surface area contributed by atoms with Crippen molar-refractivity contribution in [1.29, 1.82) is 0 Å². The molecule has 0 aromatic heterocycles. The first-order chi connectivity index (χ1) is 14.6. The van der Waals surface area contributed by atoms with Gasteiger partial charge in [-0.3, -0.25) is 4.79 Å². The van der Waals surface area contributed by atoms with E-state index >= 15 is 0 Å². The van der Waals surface area contributed by atoms with Gasteiger partial charge in [0, 0.05) is 24.0 Å². The first-order valence-electron chi connectivity index (χ1n) is 10.6. The maximum atomic E-state index is 12.7. The Hall–Kier alpha value is -2.83. The van der Waals surface area contributed by atoms with Crippen molar-refractivity contribution >= 4 is 17.9 Å². The minimum Gasteiger partial charge on any atom is -0.488 e. The highest BCUT2D eigenvalue weighted by molar-refractivity contribution is 5.89. The molecule has 2 heterocycles. The van der Waals surface area contributed by atoms with Crippen LogP contribution in [0.25, 0.3) is 0 Å². The Kier molecular flexibility index (Phi) is 6.43. The summed E-state index contributed by atoms with van der Waals surface area (Å²) in [6.07, 6.45) is 3.60. The van der Waals surface area contributed by atoms with Crippen molar-refractivity contribution in [1.82, 2.24) is 0 Å². The lowest BCUT2D eigenvalue weighted by molar-refractivity contribution is -0.189. The maximum Gasteiger partial charge on any atom is 0.334 e. The molecule has 0 amide bonds. The van der Waals surface area contributed by atoms with Gasteiger partial charge >= 0.3 is 17.9 Å². The van der Waals surface area contributed by atoms with Crippen molar-refractivity contribution < 1.29 is 33.3 Å². The average Bonchev–Trinajstić information content (AvgIpc) is 2.73. The SMILES string of the molecule is C/C=C(/C)C(=O)OC1C2=C(CCC3=C2OC(=O)CC3)OC(C)(C)C1OC(=O)/C(C)=C\C. The van der Waals surface area contributed by atoms with Crippen LogP contribution < -0.4 is 0 Å². The number of hydrogen-bond acceptors (Lipinski definition) is 7. The third-order valence-corrected chi connectivity index (χ3v) is 5.98. The predicted octanol–water partition coefficient (Wildman–Crippen LogP) is 4.19. The summed E-state index contributed by atoms with van der Waals surface area (Å²) in [6, 6.07) is 0. The first kappa shape index (κ1) is 22.8. The van der Waals surface area contributed by atoms with Gasteiger partial charge in [-0.15, -0.1) is 0 Å². The molecule has 0 radical (unpaired) electrons. The molecule has 0 fully saturated rings. The lowest BCUT2D eigenvalue weighted by atomic mass is 9.81. The molecule has 31 heavy (non-hydrogen) atoms. The van der Waals surface area contributed by atoms with E-state index in [-0.39, 0.29) is 5.97 Å². The van der Waals surface area contributed by atoms with Gasteiger partial charge < -0.3 is 18.9 Å². The zero-order chi connectivity index (χ0) is 22.9. The monoisotopic (exact) mass is 430 g/mol. The smallest absolute Gasteiger partial charge is 0.334 e.